The van der Waals surface area contributed by atoms with Crippen LogP contribution in [0.5, 0.6) is 5.75 Å². The van der Waals surface area contributed by atoms with E-state index in [9.17, 15) is 10.1 Å². The summed E-state index contributed by atoms with van der Waals surface area (Å²) in [5.74, 6) is 0.586. The molecule has 0 saturated heterocycles. The molecule has 150 valence electrons. The first-order valence-electron chi connectivity index (χ1n) is 9.32. The molecule has 5 rings (SSSR count). The number of ether oxygens (including phenoxy) is 1. The zero-order valence-corrected chi connectivity index (χ0v) is 17.0. The maximum Gasteiger partial charge on any atom is 0.270 e. The van der Waals surface area contributed by atoms with Gasteiger partial charge in [-0.25, -0.2) is 5.01 Å². The van der Waals surface area contributed by atoms with E-state index in [2.05, 4.69) is 0 Å². The Balaban J connectivity index is 1.63. The Morgan fingerprint density at radius 3 is 2.57 bits per heavy atom. The van der Waals surface area contributed by atoms with Crippen molar-refractivity contribution in [3.63, 3.8) is 0 Å². The molecule has 0 unspecified atom stereocenters. The topological polar surface area (TPSA) is 68.0 Å². The third-order valence-corrected chi connectivity index (χ3v) is 5.88. The molecular formula is C22H15Cl2N3O3. The lowest BCUT2D eigenvalue weighted by molar-refractivity contribution is -0.385. The molecule has 0 N–H and O–H groups in total. The van der Waals surface area contributed by atoms with E-state index < -0.39 is 11.2 Å². The predicted octanol–water partition coefficient (Wildman–Crippen LogP) is 6.14. The maximum absolute atomic E-state index is 11.3. The first-order chi connectivity index (χ1) is 14.5. The number of fused-ring (bicyclic) bond motifs is 3. The van der Waals surface area contributed by atoms with Gasteiger partial charge in [0.15, 0.2) is 0 Å². The lowest BCUT2D eigenvalue weighted by atomic mass is 9.95. The monoisotopic (exact) mass is 439 g/mol. The van der Waals surface area contributed by atoms with E-state index in [0.29, 0.717) is 22.2 Å². The fraction of sp³-hybridized carbons (Fsp3) is 0.136. The summed E-state index contributed by atoms with van der Waals surface area (Å²) in [5.41, 5.74) is 3.38. The maximum atomic E-state index is 11.3. The molecule has 3 aromatic rings. The molecule has 2 aliphatic rings. The largest absolute Gasteiger partial charge is 0.464 e. The van der Waals surface area contributed by atoms with Gasteiger partial charge in [-0.1, -0.05) is 59.6 Å². The average molecular weight is 440 g/mol. The number of hydrazone groups is 1. The number of non-ortho nitro benzene ring substituents is 1. The summed E-state index contributed by atoms with van der Waals surface area (Å²) in [6.07, 6.45) is 0.0263. The standard InChI is InChI=1S/C22H15Cl2N3O3/c23-14-6-8-16(18(24)10-14)22-26-20(12-19(25-26)13-4-2-1-3-5-13)17-11-15(27(28)29)7-9-21(17)30-22/h1-11,20,22H,12H2/t20-,22+/m1/s1. The third-order valence-electron chi connectivity index (χ3n) is 5.32. The van der Waals surface area contributed by atoms with E-state index in [-0.39, 0.29) is 11.7 Å². The summed E-state index contributed by atoms with van der Waals surface area (Å²) in [6, 6.07) is 19.5. The van der Waals surface area contributed by atoms with Crippen LogP contribution in [0.15, 0.2) is 71.8 Å². The van der Waals surface area contributed by atoms with Crippen molar-refractivity contribution in [3.05, 3.63) is 104 Å². The summed E-state index contributed by atoms with van der Waals surface area (Å²) in [4.78, 5) is 10.9. The highest BCUT2D eigenvalue weighted by Crippen LogP contribution is 2.49. The molecule has 0 spiro atoms. The van der Waals surface area contributed by atoms with Gasteiger partial charge < -0.3 is 4.74 Å². The number of hydrogen-bond acceptors (Lipinski definition) is 5. The second-order valence-corrected chi connectivity index (χ2v) is 7.97. The zero-order valence-electron chi connectivity index (χ0n) is 15.5. The average Bonchev–Trinajstić information content (AvgIpc) is 3.19. The van der Waals surface area contributed by atoms with Gasteiger partial charge in [-0.15, -0.1) is 0 Å². The minimum Gasteiger partial charge on any atom is -0.464 e. The van der Waals surface area contributed by atoms with Crippen molar-refractivity contribution in [2.75, 3.05) is 0 Å². The van der Waals surface area contributed by atoms with Gasteiger partial charge in [-0.3, -0.25) is 10.1 Å². The van der Waals surface area contributed by atoms with Crippen LogP contribution in [0.2, 0.25) is 10.0 Å². The van der Waals surface area contributed by atoms with Crippen molar-refractivity contribution in [1.29, 1.82) is 0 Å². The lowest BCUT2D eigenvalue weighted by Crippen LogP contribution is -2.34. The molecule has 0 fully saturated rings. The third kappa shape index (κ3) is 3.18. The van der Waals surface area contributed by atoms with Crippen LogP contribution in [0.1, 0.15) is 35.4 Å². The molecule has 2 atom stereocenters. The molecule has 8 heteroatoms. The van der Waals surface area contributed by atoms with Crippen LogP contribution in [0.4, 0.5) is 5.69 Å². The number of benzene rings is 3. The Kier molecular flexibility index (Phi) is 4.60. The summed E-state index contributed by atoms with van der Waals surface area (Å²) >= 11 is 12.5. The van der Waals surface area contributed by atoms with Crippen LogP contribution in [0.3, 0.4) is 0 Å². The Bertz CT molecular complexity index is 1180. The van der Waals surface area contributed by atoms with Crippen molar-refractivity contribution in [2.24, 2.45) is 5.10 Å². The molecule has 30 heavy (non-hydrogen) atoms. The van der Waals surface area contributed by atoms with Gasteiger partial charge >= 0.3 is 0 Å². The Morgan fingerprint density at radius 2 is 1.83 bits per heavy atom. The van der Waals surface area contributed by atoms with Crippen LogP contribution >= 0.6 is 23.2 Å². The summed E-state index contributed by atoms with van der Waals surface area (Å²) in [5, 5.41) is 19.0. The molecule has 6 nitrogen and oxygen atoms in total. The molecule has 3 aromatic carbocycles. The minimum absolute atomic E-state index is 0.0217. The highest BCUT2D eigenvalue weighted by molar-refractivity contribution is 6.35. The summed E-state index contributed by atoms with van der Waals surface area (Å²) in [6.45, 7) is 0. The fourth-order valence-corrected chi connectivity index (χ4v) is 4.40. The molecule has 2 aliphatic heterocycles. The van der Waals surface area contributed by atoms with Gasteiger partial charge in [0.2, 0.25) is 6.23 Å². The van der Waals surface area contributed by atoms with Crippen molar-refractivity contribution < 1.29 is 9.66 Å². The smallest absolute Gasteiger partial charge is 0.270 e. The summed E-state index contributed by atoms with van der Waals surface area (Å²) in [7, 11) is 0. The number of nitrogens with zero attached hydrogens (tertiary/aromatic N) is 3. The molecular weight excluding hydrogens is 425 g/mol. The second-order valence-electron chi connectivity index (χ2n) is 7.13. The van der Waals surface area contributed by atoms with Gasteiger partial charge in [-0.2, -0.15) is 5.10 Å². The van der Waals surface area contributed by atoms with E-state index in [1.165, 1.54) is 6.07 Å². The Morgan fingerprint density at radius 1 is 1.03 bits per heavy atom. The van der Waals surface area contributed by atoms with E-state index in [4.69, 9.17) is 33.0 Å². The molecule has 0 saturated carbocycles. The molecule has 0 aliphatic carbocycles. The van der Waals surface area contributed by atoms with Gasteiger partial charge in [0.1, 0.15) is 5.75 Å². The van der Waals surface area contributed by atoms with Crippen LogP contribution < -0.4 is 4.74 Å². The molecule has 0 aromatic heterocycles. The van der Waals surface area contributed by atoms with E-state index in [1.807, 2.05) is 41.4 Å². The van der Waals surface area contributed by atoms with Gasteiger partial charge in [0.25, 0.3) is 5.69 Å². The summed E-state index contributed by atoms with van der Waals surface area (Å²) < 4.78 is 6.24. The molecule has 0 amide bonds. The van der Waals surface area contributed by atoms with Crippen LogP contribution in [0, 0.1) is 10.1 Å². The second kappa shape index (κ2) is 7.31. The highest BCUT2D eigenvalue weighted by Gasteiger charge is 2.42. The first-order valence-corrected chi connectivity index (χ1v) is 10.1. The number of rotatable bonds is 3. The van der Waals surface area contributed by atoms with E-state index in [1.54, 1.807) is 24.3 Å². The quantitative estimate of drug-likeness (QED) is 0.362. The van der Waals surface area contributed by atoms with Crippen LogP contribution in [-0.4, -0.2) is 15.6 Å². The Labute approximate surface area is 182 Å². The predicted molar refractivity (Wildman–Crippen MR) is 115 cm³/mol. The highest BCUT2D eigenvalue weighted by atomic mass is 35.5. The van der Waals surface area contributed by atoms with Crippen molar-refractivity contribution in [3.8, 4) is 5.75 Å². The fourth-order valence-electron chi connectivity index (χ4n) is 3.90. The minimum atomic E-state index is -0.574. The van der Waals surface area contributed by atoms with E-state index in [0.717, 1.165) is 22.4 Å². The van der Waals surface area contributed by atoms with E-state index >= 15 is 0 Å². The van der Waals surface area contributed by atoms with Crippen molar-refractivity contribution in [2.45, 2.75) is 18.7 Å². The number of hydrogen-bond donors (Lipinski definition) is 0. The zero-order chi connectivity index (χ0) is 20.8. The first kappa shape index (κ1) is 18.9. The van der Waals surface area contributed by atoms with Crippen molar-refractivity contribution >= 4 is 34.6 Å². The number of halogens is 2. The molecule has 2 heterocycles. The SMILES string of the molecule is O=[N+]([O-])c1ccc2c(c1)[C@H]1CC(c3ccccc3)=NN1[C@H](c1ccc(Cl)cc1Cl)O2. The lowest BCUT2D eigenvalue weighted by Gasteiger charge is -2.38. The number of nitro benzene ring substituents is 1. The van der Waals surface area contributed by atoms with Crippen LogP contribution in [0.25, 0.3) is 0 Å². The Hall–Kier alpha value is -3.09. The molecule has 0 radical (unpaired) electrons. The van der Waals surface area contributed by atoms with Gasteiger partial charge in [0.05, 0.1) is 21.7 Å². The normalized spacial score (nSPS) is 19.5. The van der Waals surface area contributed by atoms with Crippen LogP contribution in [-0.2, 0) is 0 Å². The molecule has 0 bridgehead atoms. The van der Waals surface area contributed by atoms with Gasteiger partial charge in [-0.05, 0) is 23.8 Å². The van der Waals surface area contributed by atoms with Gasteiger partial charge in [0, 0.05) is 34.7 Å². The van der Waals surface area contributed by atoms with Crippen molar-refractivity contribution in [1.82, 2.24) is 5.01 Å². The number of nitro groups is 1.